The standard InChI is InChI=1S/C20H23F3IN3O/c1-2-18(28)26-19(27-12-15(24)11-25-27)16-9-8-14(20(21,22)23)10-17(16)13-6-4-3-5-7-13/h8-13,19H,2-7H2,1H3,(H,26,28). The molecule has 2 aromatic rings. The number of nitrogens with zero attached hydrogens (tertiary/aromatic N) is 2. The van der Waals surface area contributed by atoms with Crippen LogP contribution in [0, 0.1) is 3.57 Å². The molecule has 152 valence electrons. The lowest BCUT2D eigenvalue weighted by Gasteiger charge is -2.29. The second-order valence-corrected chi connectivity index (χ2v) is 8.38. The average molecular weight is 505 g/mol. The number of benzene rings is 1. The fraction of sp³-hybridized carbons (Fsp3) is 0.500. The number of amides is 1. The second kappa shape index (κ2) is 8.84. The smallest absolute Gasteiger partial charge is 0.330 e. The zero-order valence-electron chi connectivity index (χ0n) is 15.6. The molecule has 0 spiro atoms. The lowest BCUT2D eigenvalue weighted by atomic mass is 9.81. The fourth-order valence-corrected chi connectivity index (χ4v) is 4.17. The fourth-order valence-electron chi connectivity index (χ4n) is 3.76. The van der Waals surface area contributed by atoms with Gasteiger partial charge in [0.1, 0.15) is 6.17 Å². The van der Waals surface area contributed by atoms with E-state index in [1.165, 1.54) is 12.1 Å². The molecule has 3 rings (SSSR count). The van der Waals surface area contributed by atoms with Crippen LogP contribution in [0.4, 0.5) is 13.2 Å². The van der Waals surface area contributed by atoms with Crippen molar-refractivity contribution in [1.82, 2.24) is 15.1 Å². The van der Waals surface area contributed by atoms with Crippen LogP contribution >= 0.6 is 22.6 Å². The van der Waals surface area contributed by atoms with Crippen molar-refractivity contribution in [2.24, 2.45) is 0 Å². The van der Waals surface area contributed by atoms with E-state index in [1.54, 1.807) is 24.0 Å². The van der Waals surface area contributed by atoms with Crippen molar-refractivity contribution in [3.63, 3.8) is 0 Å². The first-order valence-corrected chi connectivity index (χ1v) is 10.6. The van der Waals surface area contributed by atoms with Crippen LogP contribution in [0.25, 0.3) is 0 Å². The van der Waals surface area contributed by atoms with E-state index in [1.807, 2.05) is 0 Å². The summed E-state index contributed by atoms with van der Waals surface area (Å²) in [4.78, 5) is 12.2. The molecular formula is C20H23F3IN3O. The highest BCUT2D eigenvalue weighted by atomic mass is 127. The van der Waals surface area contributed by atoms with Gasteiger partial charge in [0, 0.05) is 12.6 Å². The van der Waals surface area contributed by atoms with E-state index in [0.717, 1.165) is 41.7 Å². The van der Waals surface area contributed by atoms with E-state index in [-0.39, 0.29) is 18.2 Å². The highest BCUT2D eigenvalue weighted by Crippen LogP contribution is 2.40. The molecule has 1 amide bonds. The van der Waals surface area contributed by atoms with Gasteiger partial charge in [-0.2, -0.15) is 18.3 Å². The maximum atomic E-state index is 13.4. The van der Waals surface area contributed by atoms with Crippen LogP contribution < -0.4 is 5.32 Å². The van der Waals surface area contributed by atoms with Gasteiger partial charge in [0.05, 0.1) is 15.3 Å². The van der Waals surface area contributed by atoms with Gasteiger partial charge in [-0.25, -0.2) is 4.68 Å². The molecule has 0 aliphatic heterocycles. The maximum Gasteiger partial charge on any atom is 0.416 e. The second-order valence-electron chi connectivity index (χ2n) is 7.14. The number of halogens is 4. The number of carbonyl (C=O) groups is 1. The van der Waals surface area contributed by atoms with Crippen molar-refractivity contribution in [1.29, 1.82) is 0 Å². The minimum atomic E-state index is -4.40. The molecule has 1 aromatic carbocycles. The molecule has 1 saturated carbocycles. The van der Waals surface area contributed by atoms with Gasteiger partial charge in [-0.1, -0.05) is 32.3 Å². The van der Waals surface area contributed by atoms with E-state index < -0.39 is 17.9 Å². The molecule has 0 bridgehead atoms. The van der Waals surface area contributed by atoms with Gasteiger partial charge in [-0.3, -0.25) is 4.79 Å². The summed E-state index contributed by atoms with van der Waals surface area (Å²) in [6, 6.07) is 3.87. The number of hydrogen-bond donors (Lipinski definition) is 1. The van der Waals surface area contributed by atoms with Gasteiger partial charge in [-0.15, -0.1) is 0 Å². The third kappa shape index (κ3) is 4.87. The summed E-state index contributed by atoms with van der Waals surface area (Å²) < 4.78 is 42.6. The van der Waals surface area contributed by atoms with Crippen molar-refractivity contribution < 1.29 is 18.0 Å². The minimum Gasteiger partial charge on any atom is -0.330 e. The molecule has 1 N–H and O–H groups in total. The Bertz CT molecular complexity index is 828. The van der Waals surface area contributed by atoms with Gasteiger partial charge in [-0.05, 0) is 64.6 Å². The molecule has 1 atom stereocenters. The average Bonchev–Trinajstić information content (AvgIpc) is 3.11. The number of alkyl halides is 3. The molecule has 0 radical (unpaired) electrons. The molecule has 1 unspecified atom stereocenters. The molecule has 8 heteroatoms. The lowest BCUT2D eigenvalue weighted by molar-refractivity contribution is -0.137. The van der Waals surface area contributed by atoms with E-state index in [2.05, 4.69) is 33.0 Å². The van der Waals surface area contributed by atoms with Crippen LogP contribution in [0.2, 0.25) is 0 Å². The Labute approximate surface area is 176 Å². The zero-order chi connectivity index (χ0) is 20.3. The van der Waals surface area contributed by atoms with Gasteiger partial charge in [0.25, 0.3) is 0 Å². The number of nitrogens with one attached hydrogen (secondary N) is 1. The maximum absolute atomic E-state index is 13.4. The number of hydrogen-bond acceptors (Lipinski definition) is 2. The predicted molar refractivity (Wildman–Crippen MR) is 109 cm³/mol. The molecule has 4 nitrogen and oxygen atoms in total. The Morgan fingerprint density at radius 3 is 2.61 bits per heavy atom. The van der Waals surface area contributed by atoms with E-state index in [4.69, 9.17) is 0 Å². The largest absolute Gasteiger partial charge is 0.416 e. The van der Waals surface area contributed by atoms with Crippen LogP contribution in [0.3, 0.4) is 0 Å². The van der Waals surface area contributed by atoms with E-state index in [9.17, 15) is 18.0 Å². The Balaban J connectivity index is 2.10. The van der Waals surface area contributed by atoms with Crippen LogP contribution in [0.1, 0.15) is 74.2 Å². The Morgan fingerprint density at radius 1 is 1.32 bits per heavy atom. The Morgan fingerprint density at radius 2 is 2.04 bits per heavy atom. The Hall–Kier alpha value is -1.58. The number of carbonyl (C=O) groups excluding carboxylic acids is 1. The first kappa shape index (κ1) is 21.1. The van der Waals surface area contributed by atoms with Crippen molar-refractivity contribution in [3.8, 4) is 0 Å². The first-order chi connectivity index (χ1) is 13.3. The first-order valence-electron chi connectivity index (χ1n) is 9.49. The summed E-state index contributed by atoms with van der Waals surface area (Å²) in [5.74, 6) is -0.119. The molecular weight excluding hydrogens is 482 g/mol. The summed E-state index contributed by atoms with van der Waals surface area (Å²) >= 11 is 2.12. The van der Waals surface area contributed by atoms with Crippen LogP contribution in [-0.2, 0) is 11.0 Å². The SMILES string of the molecule is CCC(=O)NC(c1ccc(C(F)(F)F)cc1C1CCCCC1)n1cc(I)cn1. The molecule has 1 fully saturated rings. The topological polar surface area (TPSA) is 46.9 Å². The number of rotatable bonds is 5. The van der Waals surface area contributed by atoms with Crippen molar-refractivity contribution >= 4 is 28.5 Å². The number of aromatic nitrogens is 2. The molecule has 1 aromatic heterocycles. The molecule has 1 aliphatic carbocycles. The zero-order valence-corrected chi connectivity index (χ0v) is 17.8. The highest BCUT2D eigenvalue weighted by molar-refractivity contribution is 14.1. The quantitative estimate of drug-likeness (QED) is 0.536. The van der Waals surface area contributed by atoms with Gasteiger partial charge >= 0.3 is 6.18 Å². The summed E-state index contributed by atoms with van der Waals surface area (Å²) in [5, 5.41) is 7.24. The third-order valence-electron chi connectivity index (χ3n) is 5.21. The van der Waals surface area contributed by atoms with Gasteiger partial charge in [0.2, 0.25) is 5.91 Å². The van der Waals surface area contributed by atoms with Crippen molar-refractivity contribution in [3.05, 3.63) is 50.9 Å². The summed E-state index contributed by atoms with van der Waals surface area (Å²) in [6.45, 7) is 1.74. The highest BCUT2D eigenvalue weighted by Gasteiger charge is 2.33. The van der Waals surface area contributed by atoms with Gasteiger partial charge < -0.3 is 5.32 Å². The lowest BCUT2D eigenvalue weighted by Crippen LogP contribution is -2.34. The molecule has 1 aliphatic rings. The van der Waals surface area contributed by atoms with Crippen LogP contribution in [-0.4, -0.2) is 15.7 Å². The van der Waals surface area contributed by atoms with Crippen molar-refractivity contribution in [2.75, 3.05) is 0 Å². The Kier molecular flexibility index (Phi) is 6.67. The van der Waals surface area contributed by atoms with E-state index >= 15 is 0 Å². The van der Waals surface area contributed by atoms with Gasteiger partial charge in [0.15, 0.2) is 0 Å². The van der Waals surface area contributed by atoms with Crippen LogP contribution in [0.5, 0.6) is 0 Å². The van der Waals surface area contributed by atoms with E-state index in [0.29, 0.717) is 11.1 Å². The summed E-state index contributed by atoms with van der Waals surface area (Å²) in [7, 11) is 0. The predicted octanol–water partition coefficient (Wildman–Crippen LogP) is 5.63. The normalized spacial score (nSPS) is 16.8. The third-order valence-corrected chi connectivity index (χ3v) is 5.76. The molecule has 28 heavy (non-hydrogen) atoms. The molecule has 0 saturated heterocycles. The minimum absolute atomic E-state index is 0.0571. The monoisotopic (exact) mass is 505 g/mol. The van der Waals surface area contributed by atoms with Crippen LogP contribution in [0.15, 0.2) is 30.6 Å². The summed E-state index contributed by atoms with van der Waals surface area (Å²) in [5.41, 5.74) is 0.704. The van der Waals surface area contributed by atoms with Crippen molar-refractivity contribution in [2.45, 2.75) is 63.7 Å². The molecule has 1 heterocycles. The summed E-state index contributed by atoms with van der Waals surface area (Å²) in [6.07, 6.45) is 3.55.